The van der Waals surface area contributed by atoms with E-state index >= 15 is 0 Å². The van der Waals surface area contributed by atoms with E-state index in [4.69, 9.17) is 5.11 Å². The summed E-state index contributed by atoms with van der Waals surface area (Å²) in [4.78, 5) is 12.2. The second-order valence-corrected chi connectivity index (χ2v) is 5.16. The zero-order valence-corrected chi connectivity index (χ0v) is 9.51. The van der Waals surface area contributed by atoms with Crippen LogP contribution >= 0.6 is 11.8 Å². The molecule has 0 bridgehead atoms. The minimum Gasteiger partial charge on any atom is -0.481 e. The average Bonchev–Trinajstić information content (AvgIpc) is 2.98. The van der Waals surface area contributed by atoms with Gasteiger partial charge in [-0.05, 0) is 31.4 Å². The SMILES string of the molecule is Cc1ccccc1SCC1(C(=O)O)CC1. The van der Waals surface area contributed by atoms with Gasteiger partial charge in [0.15, 0.2) is 0 Å². The van der Waals surface area contributed by atoms with Gasteiger partial charge in [0.2, 0.25) is 0 Å². The molecule has 80 valence electrons. The van der Waals surface area contributed by atoms with Crippen LogP contribution in [0.4, 0.5) is 0 Å². The topological polar surface area (TPSA) is 37.3 Å². The third kappa shape index (κ3) is 2.17. The van der Waals surface area contributed by atoms with E-state index in [1.807, 2.05) is 12.1 Å². The molecule has 0 saturated heterocycles. The van der Waals surface area contributed by atoms with E-state index in [9.17, 15) is 4.79 Å². The number of carboxylic acid groups (broad SMARTS) is 1. The van der Waals surface area contributed by atoms with Gasteiger partial charge in [-0.1, -0.05) is 18.2 Å². The number of rotatable bonds is 4. The lowest BCUT2D eigenvalue weighted by molar-refractivity contribution is -0.142. The molecule has 1 fully saturated rings. The summed E-state index contributed by atoms with van der Waals surface area (Å²) in [5.74, 6) is 0.0660. The van der Waals surface area contributed by atoms with Crippen LogP contribution in [0.2, 0.25) is 0 Å². The zero-order chi connectivity index (χ0) is 10.9. The second kappa shape index (κ2) is 3.89. The molecule has 0 atom stereocenters. The Labute approximate surface area is 93.7 Å². The molecule has 0 amide bonds. The predicted octanol–water partition coefficient (Wildman–Crippen LogP) is 2.95. The monoisotopic (exact) mass is 222 g/mol. The highest BCUT2D eigenvalue weighted by Crippen LogP contribution is 2.49. The van der Waals surface area contributed by atoms with Crippen LogP contribution in [0, 0.1) is 12.3 Å². The lowest BCUT2D eigenvalue weighted by Gasteiger charge is -2.10. The van der Waals surface area contributed by atoms with Gasteiger partial charge < -0.3 is 5.11 Å². The third-order valence-corrected chi connectivity index (χ3v) is 4.37. The van der Waals surface area contributed by atoms with Gasteiger partial charge in [0, 0.05) is 10.6 Å². The standard InChI is InChI=1S/C12H14O2S/c1-9-4-2-3-5-10(9)15-8-12(6-7-12)11(13)14/h2-5H,6-8H2,1H3,(H,13,14). The summed E-state index contributed by atoms with van der Waals surface area (Å²) in [6.45, 7) is 2.06. The number of hydrogen-bond acceptors (Lipinski definition) is 2. The summed E-state index contributed by atoms with van der Waals surface area (Å²) >= 11 is 1.66. The lowest BCUT2D eigenvalue weighted by Crippen LogP contribution is -2.17. The first-order valence-electron chi connectivity index (χ1n) is 5.06. The number of aliphatic carboxylic acids is 1. The van der Waals surface area contributed by atoms with Crippen LogP contribution in [0.25, 0.3) is 0 Å². The van der Waals surface area contributed by atoms with Gasteiger partial charge in [0.05, 0.1) is 5.41 Å². The van der Waals surface area contributed by atoms with E-state index < -0.39 is 11.4 Å². The zero-order valence-electron chi connectivity index (χ0n) is 8.69. The summed E-state index contributed by atoms with van der Waals surface area (Å²) in [6.07, 6.45) is 1.67. The first-order chi connectivity index (χ1) is 7.14. The van der Waals surface area contributed by atoms with E-state index in [0.717, 1.165) is 12.8 Å². The number of thioether (sulfide) groups is 1. The molecule has 2 nitrogen and oxygen atoms in total. The molecule has 1 aromatic rings. The predicted molar refractivity (Wildman–Crippen MR) is 61.2 cm³/mol. The number of benzene rings is 1. The van der Waals surface area contributed by atoms with E-state index in [1.165, 1.54) is 10.5 Å². The highest BCUT2D eigenvalue weighted by molar-refractivity contribution is 7.99. The number of carboxylic acids is 1. The van der Waals surface area contributed by atoms with Crippen LogP contribution in [0.15, 0.2) is 29.2 Å². The minimum absolute atomic E-state index is 0.424. The fraction of sp³-hybridized carbons (Fsp3) is 0.417. The molecule has 2 rings (SSSR count). The fourth-order valence-corrected chi connectivity index (χ4v) is 2.82. The van der Waals surface area contributed by atoms with Crippen molar-refractivity contribution < 1.29 is 9.90 Å². The lowest BCUT2D eigenvalue weighted by atomic mass is 10.1. The highest BCUT2D eigenvalue weighted by Gasteiger charge is 2.49. The van der Waals surface area contributed by atoms with Gasteiger partial charge in [-0.15, -0.1) is 11.8 Å². The van der Waals surface area contributed by atoms with Crippen molar-refractivity contribution in [2.24, 2.45) is 5.41 Å². The summed E-state index contributed by atoms with van der Waals surface area (Å²) in [5, 5.41) is 9.04. The van der Waals surface area contributed by atoms with Crippen LogP contribution in [-0.4, -0.2) is 16.8 Å². The van der Waals surface area contributed by atoms with Crippen molar-refractivity contribution in [2.45, 2.75) is 24.7 Å². The van der Waals surface area contributed by atoms with Gasteiger partial charge in [-0.25, -0.2) is 0 Å². The molecule has 1 aromatic carbocycles. The normalized spacial score (nSPS) is 17.4. The third-order valence-electron chi connectivity index (χ3n) is 2.90. The number of carbonyl (C=O) groups is 1. The Morgan fingerprint density at radius 1 is 1.47 bits per heavy atom. The molecule has 0 radical (unpaired) electrons. The van der Waals surface area contributed by atoms with Gasteiger partial charge in [-0.2, -0.15) is 0 Å². The maximum absolute atomic E-state index is 11.0. The molecule has 1 aliphatic rings. The van der Waals surface area contributed by atoms with Crippen molar-refractivity contribution in [3.05, 3.63) is 29.8 Å². The molecule has 0 aromatic heterocycles. The smallest absolute Gasteiger partial charge is 0.310 e. The average molecular weight is 222 g/mol. The summed E-state index contributed by atoms with van der Waals surface area (Å²) < 4.78 is 0. The van der Waals surface area contributed by atoms with Gasteiger partial charge in [0.25, 0.3) is 0 Å². The fourth-order valence-electron chi connectivity index (χ4n) is 1.51. The second-order valence-electron chi connectivity index (χ2n) is 4.14. The molecule has 0 aliphatic heterocycles. The maximum atomic E-state index is 11.0. The summed E-state index contributed by atoms with van der Waals surface area (Å²) in [7, 11) is 0. The summed E-state index contributed by atoms with van der Waals surface area (Å²) in [5.41, 5.74) is 0.802. The molecule has 3 heteroatoms. The Balaban J connectivity index is 2.00. The van der Waals surface area contributed by atoms with Crippen LogP contribution in [0.1, 0.15) is 18.4 Å². The number of aryl methyl sites for hydroxylation is 1. The quantitative estimate of drug-likeness (QED) is 0.796. The molecule has 0 spiro atoms. The Kier molecular flexibility index (Phi) is 2.74. The van der Waals surface area contributed by atoms with E-state index in [1.54, 1.807) is 11.8 Å². The molecule has 1 aliphatic carbocycles. The molecule has 0 heterocycles. The first-order valence-corrected chi connectivity index (χ1v) is 6.04. The molecule has 0 unspecified atom stereocenters. The van der Waals surface area contributed by atoms with E-state index in [2.05, 4.69) is 19.1 Å². The minimum atomic E-state index is -0.636. The van der Waals surface area contributed by atoms with Crippen molar-refractivity contribution in [3.63, 3.8) is 0 Å². The van der Waals surface area contributed by atoms with Crippen molar-refractivity contribution >= 4 is 17.7 Å². The van der Waals surface area contributed by atoms with Crippen LogP contribution in [0.3, 0.4) is 0 Å². The van der Waals surface area contributed by atoms with Gasteiger partial charge in [0.1, 0.15) is 0 Å². The maximum Gasteiger partial charge on any atom is 0.310 e. The Bertz CT molecular complexity index is 383. The van der Waals surface area contributed by atoms with Crippen molar-refractivity contribution in [1.29, 1.82) is 0 Å². The Hall–Kier alpha value is -0.960. The van der Waals surface area contributed by atoms with Crippen LogP contribution < -0.4 is 0 Å². The molecule has 1 saturated carbocycles. The molecular weight excluding hydrogens is 208 g/mol. The molecular formula is C12H14O2S. The largest absolute Gasteiger partial charge is 0.481 e. The Morgan fingerprint density at radius 3 is 2.67 bits per heavy atom. The molecule has 1 N–H and O–H groups in total. The number of hydrogen-bond donors (Lipinski definition) is 1. The highest BCUT2D eigenvalue weighted by atomic mass is 32.2. The van der Waals surface area contributed by atoms with Crippen molar-refractivity contribution in [2.75, 3.05) is 5.75 Å². The van der Waals surface area contributed by atoms with E-state index in [0.29, 0.717) is 5.75 Å². The van der Waals surface area contributed by atoms with Crippen molar-refractivity contribution in [1.82, 2.24) is 0 Å². The van der Waals surface area contributed by atoms with E-state index in [-0.39, 0.29) is 0 Å². The first kappa shape index (κ1) is 10.6. The van der Waals surface area contributed by atoms with Crippen molar-refractivity contribution in [3.8, 4) is 0 Å². The van der Waals surface area contributed by atoms with Crippen LogP contribution in [0.5, 0.6) is 0 Å². The van der Waals surface area contributed by atoms with Gasteiger partial charge >= 0.3 is 5.97 Å². The van der Waals surface area contributed by atoms with Crippen LogP contribution in [-0.2, 0) is 4.79 Å². The van der Waals surface area contributed by atoms with Gasteiger partial charge in [-0.3, -0.25) is 4.79 Å². The summed E-state index contributed by atoms with van der Waals surface area (Å²) in [6, 6.07) is 8.11. The Morgan fingerprint density at radius 2 is 2.13 bits per heavy atom. The molecule has 15 heavy (non-hydrogen) atoms.